The van der Waals surface area contributed by atoms with E-state index in [0.717, 1.165) is 18.3 Å². The predicted molar refractivity (Wildman–Crippen MR) is 107 cm³/mol. The lowest BCUT2D eigenvalue weighted by Gasteiger charge is -2.32. The van der Waals surface area contributed by atoms with Crippen molar-refractivity contribution >= 4 is 15.9 Å². The Morgan fingerprint density at radius 1 is 0.960 bits per heavy atom. The number of alkyl halides is 1. The van der Waals surface area contributed by atoms with E-state index in [9.17, 15) is 0 Å². The van der Waals surface area contributed by atoms with Crippen molar-refractivity contribution in [2.24, 2.45) is 0 Å². The molecule has 1 aromatic heterocycles. The van der Waals surface area contributed by atoms with Gasteiger partial charge in [0, 0.05) is 24.3 Å². The molecule has 3 heteroatoms. The van der Waals surface area contributed by atoms with Crippen molar-refractivity contribution in [2.45, 2.75) is 38.1 Å². The second kappa shape index (κ2) is 6.80. The summed E-state index contributed by atoms with van der Waals surface area (Å²) in [7, 11) is 0. The predicted octanol–water partition coefficient (Wildman–Crippen LogP) is 5.78. The highest BCUT2D eigenvalue weighted by Crippen LogP contribution is 2.54. The zero-order valence-electron chi connectivity index (χ0n) is 14.6. The molecule has 0 radical (unpaired) electrons. The molecule has 0 N–H and O–H groups in total. The summed E-state index contributed by atoms with van der Waals surface area (Å²) in [6, 6.07) is 17.8. The normalized spacial score (nSPS) is 14.3. The maximum atomic E-state index is 4.87. The van der Waals surface area contributed by atoms with E-state index >= 15 is 0 Å². The second-order valence-electron chi connectivity index (χ2n) is 6.68. The average molecular weight is 395 g/mol. The summed E-state index contributed by atoms with van der Waals surface area (Å²) in [5.74, 6) is 1.18. The molecule has 0 saturated carbocycles. The number of hydrogen-bond acceptors (Lipinski definition) is 1. The summed E-state index contributed by atoms with van der Waals surface area (Å²) in [5, 5.41) is 1.05. The molecule has 0 unspecified atom stereocenters. The van der Waals surface area contributed by atoms with Gasteiger partial charge < -0.3 is 4.57 Å². The van der Waals surface area contributed by atoms with E-state index in [-0.39, 0.29) is 5.41 Å². The lowest BCUT2D eigenvalue weighted by atomic mass is 9.73. The number of nitrogens with zero attached hydrogens (tertiary/aromatic N) is 2. The van der Waals surface area contributed by atoms with Crippen molar-refractivity contribution in [1.82, 2.24) is 9.55 Å². The molecule has 4 rings (SSSR count). The van der Waals surface area contributed by atoms with Crippen LogP contribution in [0.1, 0.15) is 43.1 Å². The van der Waals surface area contributed by atoms with Crippen molar-refractivity contribution in [3.05, 3.63) is 77.9 Å². The van der Waals surface area contributed by atoms with E-state index in [1.165, 1.54) is 40.9 Å². The third kappa shape index (κ3) is 2.48. The fourth-order valence-corrected chi connectivity index (χ4v) is 4.77. The van der Waals surface area contributed by atoms with Gasteiger partial charge >= 0.3 is 0 Å². The van der Waals surface area contributed by atoms with E-state index in [1.807, 2.05) is 6.20 Å². The zero-order valence-corrected chi connectivity index (χ0v) is 16.2. The molecule has 0 atom stereocenters. The first-order valence-electron chi connectivity index (χ1n) is 9.10. The van der Waals surface area contributed by atoms with Crippen molar-refractivity contribution in [2.75, 3.05) is 5.33 Å². The Hall–Kier alpha value is -1.87. The van der Waals surface area contributed by atoms with Gasteiger partial charge in [-0.1, -0.05) is 70.9 Å². The van der Waals surface area contributed by atoms with Crippen LogP contribution >= 0.6 is 15.9 Å². The molecule has 3 aromatic rings. The third-order valence-corrected chi connectivity index (χ3v) is 6.00. The van der Waals surface area contributed by atoms with Gasteiger partial charge in [0.25, 0.3) is 0 Å². The fourth-order valence-electron chi connectivity index (χ4n) is 4.37. The molecule has 2 nitrogen and oxygen atoms in total. The molecule has 2 aromatic carbocycles. The van der Waals surface area contributed by atoms with E-state index in [4.69, 9.17) is 4.98 Å². The summed E-state index contributed by atoms with van der Waals surface area (Å²) in [6.45, 7) is 3.14. The Labute approximate surface area is 158 Å². The third-order valence-electron chi connectivity index (χ3n) is 5.44. The number of halogens is 1. The van der Waals surface area contributed by atoms with E-state index in [1.54, 1.807) is 0 Å². The Bertz CT molecular complexity index is 835. The average Bonchev–Trinajstić information content (AvgIpc) is 3.24. The Morgan fingerprint density at radius 2 is 1.60 bits per heavy atom. The molecule has 0 fully saturated rings. The molecule has 1 aliphatic carbocycles. The lowest BCUT2D eigenvalue weighted by molar-refractivity contribution is 0.485. The topological polar surface area (TPSA) is 17.8 Å². The van der Waals surface area contributed by atoms with Gasteiger partial charge in [-0.2, -0.15) is 0 Å². The quantitative estimate of drug-likeness (QED) is 0.382. The van der Waals surface area contributed by atoms with Crippen LogP contribution in [-0.2, 0) is 12.0 Å². The summed E-state index contributed by atoms with van der Waals surface area (Å²) >= 11 is 3.60. The van der Waals surface area contributed by atoms with Crippen LogP contribution in [0.15, 0.2) is 60.9 Å². The minimum absolute atomic E-state index is 0.144. The van der Waals surface area contributed by atoms with Crippen LogP contribution in [0.2, 0.25) is 0 Å². The van der Waals surface area contributed by atoms with Crippen molar-refractivity contribution in [3.8, 4) is 11.1 Å². The molecule has 128 valence electrons. The highest BCUT2D eigenvalue weighted by molar-refractivity contribution is 9.09. The maximum absolute atomic E-state index is 4.87. The Balaban J connectivity index is 2.00. The van der Waals surface area contributed by atoms with Crippen LogP contribution in [0.3, 0.4) is 0 Å². The molecule has 25 heavy (non-hydrogen) atoms. The highest BCUT2D eigenvalue weighted by Gasteiger charge is 2.46. The molecular formula is C22H23BrN2. The molecule has 0 bridgehead atoms. The SMILES string of the molecule is CCn1ccnc1C1(CCCCBr)c2ccccc2-c2ccccc21. The minimum Gasteiger partial charge on any atom is -0.334 e. The smallest absolute Gasteiger partial charge is 0.123 e. The first kappa shape index (κ1) is 16.6. The summed E-state index contributed by atoms with van der Waals surface area (Å²) in [4.78, 5) is 4.87. The van der Waals surface area contributed by atoms with Crippen LogP contribution in [0.4, 0.5) is 0 Å². The van der Waals surface area contributed by atoms with Crippen molar-refractivity contribution in [3.63, 3.8) is 0 Å². The number of benzene rings is 2. The van der Waals surface area contributed by atoms with Gasteiger partial charge in [-0.15, -0.1) is 0 Å². The first-order chi connectivity index (χ1) is 12.3. The van der Waals surface area contributed by atoms with E-state index < -0.39 is 0 Å². The fraction of sp³-hybridized carbons (Fsp3) is 0.318. The number of hydrogen-bond donors (Lipinski definition) is 0. The standard InChI is InChI=1S/C22H23BrN2/c1-2-25-16-15-24-21(25)22(13-7-8-14-23)19-11-5-3-9-17(19)18-10-4-6-12-20(18)22/h3-6,9-12,15-16H,2,7-8,13-14H2,1H3. The molecule has 0 saturated heterocycles. The number of aromatic nitrogens is 2. The summed E-state index contributed by atoms with van der Waals surface area (Å²) in [6.07, 6.45) is 7.51. The minimum atomic E-state index is -0.144. The molecule has 0 amide bonds. The number of imidazole rings is 1. The highest BCUT2D eigenvalue weighted by atomic mass is 79.9. The van der Waals surface area contributed by atoms with Gasteiger partial charge in [0.05, 0.1) is 5.41 Å². The maximum Gasteiger partial charge on any atom is 0.123 e. The van der Waals surface area contributed by atoms with Crippen LogP contribution in [0, 0.1) is 0 Å². The van der Waals surface area contributed by atoms with Crippen LogP contribution in [0.5, 0.6) is 0 Å². The lowest BCUT2D eigenvalue weighted by Crippen LogP contribution is -2.31. The second-order valence-corrected chi connectivity index (χ2v) is 7.47. The Kier molecular flexibility index (Phi) is 4.51. The zero-order chi connectivity index (χ0) is 17.3. The van der Waals surface area contributed by atoms with E-state index in [2.05, 4.69) is 82.1 Å². The molecular weight excluding hydrogens is 372 g/mol. The van der Waals surface area contributed by atoms with Gasteiger partial charge in [-0.3, -0.25) is 0 Å². The molecule has 1 aliphatic rings. The largest absolute Gasteiger partial charge is 0.334 e. The van der Waals surface area contributed by atoms with Crippen molar-refractivity contribution in [1.29, 1.82) is 0 Å². The van der Waals surface area contributed by atoms with Crippen LogP contribution in [0.25, 0.3) is 11.1 Å². The molecule has 0 spiro atoms. The van der Waals surface area contributed by atoms with Crippen LogP contribution < -0.4 is 0 Å². The molecule has 0 aliphatic heterocycles. The summed E-state index contributed by atoms with van der Waals surface area (Å²) < 4.78 is 2.31. The molecule has 1 heterocycles. The first-order valence-corrected chi connectivity index (χ1v) is 10.2. The van der Waals surface area contributed by atoms with Crippen molar-refractivity contribution < 1.29 is 0 Å². The van der Waals surface area contributed by atoms with E-state index in [0.29, 0.717) is 0 Å². The van der Waals surface area contributed by atoms with Crippen LogP contribution in [-0.4, -0.2) is 14.9 Å². The Morgan fingerprint density at radius 3 is 2.20 bits per heavy atom. The monoisotopic (exact) mass is 394 g/mol. The summed E-state index contributed by atoms with van der Waals surface area (Å²) in [5.41, 5.74) is 5.40. The van der Waals surface area contributed by atoms with Gasteiger partial charge in [-0.25, -0.2) is 4.98 Å². The van der Waals surface area contributed by atoms with Gasteiger partial charge in [0.15, 0.2) is 0 Å². The van der Waals surface area contributed by atoms with Gasteiger partial charge in [-0.05, 0) is 42.0 Å². The number of fused-ring (bicyclic) bond motifs is 3. The number of aryl methyl sites for hydroxylation is 1. The number of unbranched alkanes of at least 4 members (excludes halogenated alkanes) is 1. The number of rotatable bonds is 6. The van der Waals surface area contributed by atoms with Gasteiger partial charge in [0.1, 0.15) is 5.82 Å². The van der Waals surface area contributed by atoms with Gasteiger partial charge in [0.2, 0.25) is 0 Å².